The summed E-state index contributed by atoms with van der Waals surface area (Å²) < 4.78 is 23.3. The molecule has 1 fully saturated rings. The molecule has 2 N–H and O–H groups in total. The summed E-state index contributed by atoms with van der Waals surface area (Å²) in [5, 5.41) is -0.267. The Bertz CT molecular complexity index is 319. The quantitative estimate of drug-likeness (QED) is 0.833. The minimum atomic E-state index is -2.90. The molecule has 17 heavy (non-hydrogen) atoms. The van der Waals surface area contributed by atoms with Crippen molar-refractivity contribution in [3.05, 3.63) is 0 Å². The van der Waals surface area contributed by atoms with E-state index in [1.165, 1.54) is 0 Å². The van der Waals surface area contributed by atoms with Gasteiger partial charge in [-0.3, -0.25) is 0 Å². The molecule has 0 amide bonds. The van der Waals surface area contributed by atoms with Crippen LogP contribution < -0.4 is 5.73 Å². The topological polar surface area (TPSA) is 63.4 Å². The first-order valence-electron chi connectivity index (χ1n) is 6.02. The lowest BCUT2D eigenvalue weighted by Crippen LogP contribution is -2.47. The first-order chi connectivity index (χ1) is 7.33. The van der Waals surface area contributed by atoms with Crippen LogP contribution in [-0.2, 0) is 9.84 Å². The van der Waals surface area contributed by atoms with Crippen molar-refractivity contribution in [3.8, 4) is 0 Å². The van der Waals surface area contributed by atoms with Gasteiger partial charge in [0.15, 0.2) is 9.84 Å². The Morgan fingerprint density at radius 2 is 2.00 bits per heavy atom. The summed E-state index contributed by atoms with van der Waals surface area (Å²) in [6.45, 7) is 8.12. The van der Waals surface area contributed by atoms with Gasteiger partial charge in [0.1, 0.15) is 0 Å². The van der Waals surface area contributed by atoms with E-state index in [1.807, 2.05) is 0 Å². The maximum absolute atomic E-state index is 11.7. The highest BCUT2D eigenvalue weighted by molar-refractivity contribution is 7.92. The number of likely N-dealkylation sites (tertiary alicyclic amines) is 1. The second-order valence-electron chi connectivity index (χ2n) is 5.15. The van der Waals surface area contributed by atoms with Crippen molar-refractivity contribution in [1.82, 2.24) is 4.90 Å². The molecule has 0 aromatic carbocycles. The molecule has 1 heterocycles. The fourth-order valence-electron chi connectivity index (χ4n) is 1.95. The van der Waals surface area contributed by atoms with Crippen LogP contribution in [0, 0.1) is 5.92 Å². The third-order valence-corrected chi connectivity index (χ3v) is 5.65. The number of hydrogen-bond acceptors (Lipinski definition) is 4. The highest BCUT2D eigenvalue weighted by atomic mass is 35.5. The average Bonchev–Trinajstić information content (AvgIpc) is 2.20. The zero-order chi connectivity index (χ0) is 12.3. The normalized spacial score (nSPS) is 26.9. The summed E-state index contributed by atoms with van der Waals surface area (Å²) in [5.74, 6) is 0.739. The number of nitrogens with two attached hydrogens (primary N) is 1. The average molecular weight is 285 g/mol. The summed E-state index contributed by atoms with van der Waals surface area (Å²) in [6.07, 6.45) is 0.975. The van der Waals surface area contributed by atoms with Crippen LogP contribution in [0.4, 0.5) is 0 Å². The first-order valence-corrected chi connectivity index (χ1v) is 7.74. The largest absolute Gasteiger partial charge is 0.327 e. The SMILES string of the molecule is CC1CN(CCS(=O)(=O)C(C)C)CCC1N.Cl. The predicted molar refractivity (Wildman–Crippen MR) is 74.4 cm³/mol. The number of halogens is 1. The highest BCUT2D eigenvalue weighted by Gasteiger charge is 2.24. The number of sulfone groups is 1. The molecule has 1 rings (SSSR count). The third kappa shape index (κ3) is 5.12. The number of piperidine rings is 1. The second kappa shape index (κ2) is 6.92. The minimum Gasteiger partial charge on any atom is -0.327 e. The fraction of sp³-hybridized carbons (Fsp3) is 1.00. The molecule has 0 aromatic heterocycles. The highest BCUT2D eigenvalue weighted by Crippen LogP contribution is 2.15. The minimum absolute atomic E-state index is 0. The number of rotatable bonds is 4. The molecular formula is C11H25ClN2O2S. The van der Waals surface area contributed by atoms with E-state index in [9.17, 15) is 8.42 Å². The van der Waals surface area contributed by atoms with Crippen LogP contribution >= 0.6 is 12.4 Å². The summed E-state index contributed by atoms with van der Waals surface area (Å²) in [5.41, 5.74) is 5.93. The smallest absolute Gasteiger partial charge is 0.153 e. The molecule has 0 spiro atoms. The van der Waals surface area contributed by atoms with Gasteiger partial charge in [-0.05, 0) is 32.7 Å². The van der Waals surface area contributed by atoms with Crippen molar-refractivity contribution in [3.63, 3.8) is 0 Å². The van der Waals surface area contributed by atoms with Crippen molar-refractivity contribution in [2.45, 2.75) is 38.5 Å². The van der Waals surface area contributed by atoms with Crippen LogP contribution in [0.15, 0.2) is 0 Å². The van der Waals surface area contributed by atoms with Crippen molar-refractivity contribution in [2.75, 3.05) is 25.4 Å². The second-order valence-corrected chi connectivity index (χ2v) is 7.82. The fourth-order valence-corrected chi connectivity index (χ4v) is 2.93. The van der Waals surface area contributed by atoms with Gasteiger partial charge >= 0.3 is 0 Å². The zero-order valence-corrected chi connectivity index (χ0v) is 12.6. The van der Waals surface area contributed by atoms with Crippen molar-refractivity contribution < 1.29 is 8.42 Å². The predicted octanol–water partition coefficient (Wildman–Crippen LogP) is 0.900. The van der Waals surface area contributed by atoms with E-state index in [4.69, 9.17) is 5.73 Å². The van der Waals surface area contributed by atoms with Crippen LogP contribution in [0.25, 0.3) is 0 Å². The molecule has 1 aliphatic rings. The summed E-state index contributed by atoms with van der Waals surface area (Å²) in [6, 6.07) is 0.276. The Morgan fingerprint density at radius 1 is 1.41 bits per heavy atom. The van der Waals surface area contributed by atoms with Crippen molar-refractivity contribution in [2.24, 2.45) is 11.7 Å². The monoisotopic (exact) mass is 284 g/mol. The molecule has 2 atom stereocenters. The molecule has 6 heteroatoms. The number of hydrogen-bond donors (Lipinski definition) is 1. The van der Waals surface area contributed by atoms with Crippen LogP contribution in [0.5, 0.6) is 0 Å². The van der Waals surface area contributed by atoms with Gasteiger partial charge in [-0.25, -0.2) is 8.42 Å². The van der Waals surface area contributed by atoms with Crippen LogP contribution in [0.3, 0.4) is 0 Å². The van der Waals surface area contributed by atoms with E-state index in [0.717, 1.165) is 19.5 Å². The molecule has 2 unspecified atom stereocenters. The van der Waals surface area contributed by atoms with Gasteiger partial charge in [0.05, 0.1) is 11.0 Å². The summed E-state index contributed by atoms with van der Waals surface area (Å²) in [7, 11) is -2.90. The van der Waals surface area contributed by atoms with Crippen LogP contribution in [-0.4, -0.2) is 50.0 Å². The van der Waals surface area contributed by atoms with Gasteiger partial charge in [0.25, 0.3) is 0 Å². The van der Waals surface area contributed by atoms with Gasteiger partial charge in [-0.15, -0.1) is 12.4 Å². The van der Waals surface area contributed by atoms with E-state index < -0.39 is 9.84 Å². The lowest BCUT2D eigenvalue weighted by atomic mass is 9.95. The first kappa shape index (κ1) is 17.2. The third-order valence-electron chi connectivity index (χ3n) is 3.47. The molecule has 0 saturated carbocycles. The Morgan fingerprint density at radius 3 is 2.47 bits per heavy atom. The molecule has 0 bridgehead atoms. The van der Waals surface area contributed by atoms with Crippen LogP contribution in [0.1, 0.15) is 27.2 Å². The lowest BCUT2D eigenvalue weighted by molar-refractivity contribution is 0.173. The van der Waals surface area contributed by atoms with E-state index in [0.29, 0.717) is 12.5 Å². The molecule has 1 saturated heterocycles. The molecule has 4 nitrogen and oxygen atoms in total. The van der Waals surface area contributed by atoms with E-state index in [1.54, 1.807) is 13.8 Å². The van der Waals surface area contributed by atoms with Crippen molar-refractivity contribution in [1.29, 1.82) is 0 Å². The van der Waals surface area contributed by atoms with E-state index >= 15 is 0 Å². The van der Waals surface area contributed by atoms with Crippen molar-refractivity contribution >= 4 is 22.2 Å². The Hall–Kier alpha value is 0.160. The zero-order valence-electron chi connectivity index (χ0n) is 10.9. The van der Waals surface area contributed by atoms with Gasteiger partial charge < -0.3 is 10.6 Å². The molecule has 104 valence electrons. The van der Waals surface area contributed by atoms with E-state index in [-0.39, 0.29) is 29.5 Å². The van der Waals surface area contributed by atoms with E-state index in [2.05, 4.69) is 11.8 Å². The lowest BCUT2D eigenvalue weighted by Gasteiger charge is -2.35. The number of nitrogens with zero attached hydrogens (tertiary/aromatic N) is 1. The Labute approximate surface area is 111 Å². The molecule has 1 aliphatic heterocycles. The summed E-state index contributed by atoms with van der Waals surface area (Å²) in [4.78, 5) is 2.22. The standard InChI is InChI=1S/C11H24N2O2S.ClH/c1-9(2)16(14,15)7-6-13-5-4-11(12)10(3)8-13;/h9-11H,4-8,12H2,1-3H3;1H. The molecular weight excluding hydrogens is 260 g/mol. The Balaban J connectivity index is 0.00000256. The van der Waals surface area contributed by atoms with Gasteiger partial charge in [0, 0.05) is 19.1 Å². The molecule has 0 radical (unpaired) electrons. The Kier molecular flexibility index (Phi) is 6.99. The van der Waals surface area contributed by atoms with Gasteiger partial charge in [-0.1, -0.05) is 6.92 Å². The van der Waals surface area contributed by atoms with Crippen LogP contribution in [0.2, 0.25) is 0 Å². The maximum Gasteiger partial charge on any atom is 0.153 e. The van der Waals surface area contributed by atoms with Gasteiger partial charge in [-0.2, -0.15) is 0 Å². The molecule has 0 aromatic rings. The maximum atomic E-state index is 11.7. The van der Waals surface area contributed by atoms with Gasteiger partial charge in [0.2, 0.25) is 0 Å². The summed E-state index contributed by atoms with van der Waals surface area (Å²) >= 11 is 0. The molecule has 0 aliphatic carbocycles.